The second-order valence-corrected chi connectivity index (χ2v) is 3.72. The summed E-state index contributed by atoms with van der Waals surface area (Å²) in [5.41, 5.74) is 0. The molecule has 1 aromatic heterocycles. The Morgan fingerprint density at radius 2 is 2.19 bits per heavy atom. The minimum Gasteiger partial charge on any atom is -0.372 e. The summed E-state index contributed by atoms with van der Waals surface area (Å²) in [5.74, 6) is 0.503. The van der Waals surface area contributed by atoms with Gasteiger partial charge in [-0.25, -0.2) is 4.98 Å². The van der Waals surface area contributed by atoms with Gasteiger partial charge in [-0.1, -0.05) is 0 Å². The molecule has 0 radical (unpaired) electrons. The van der Waals surface area contributed by atoms with Gasteiger partial charge in [0.2, 0.25) is 5.13 Å². The lowest BCUT2D eigenvalue weighted by Crippen LogP contribution is -2.18. The molecule has 0 unspecified atom stereocenters. The summed E-state index contributed by atoms with van der Waals surface area (Å²) >= 11 is 1.19. The molecule has 1 heterocycles. The van der Waals surface area contributed by atoms with Crippen molar-refractivity contribution in [3.63, 3.8) is 0 Å². The monoisotopic (exact) mass is 255 g/mol. The number of nitrogens with zero attached hydrogens (tertiary/aromatic N) is 2. The number of anilines is 1. The van der Waals surface area contributed by atoms with Crippen LogP contribution >= 0.6 is 11.5 Å². The van der Waals surface area contributed by atoms with Crippen LogP contribution in [0.2, 0.25) is 0 Å². The van der Waals surface area contributed by atoms with Crippen LogP contribution in [0.25, 0.3) is 0 Å². The van der Waals surface area contributed by atoms with Gasteiger partial charge in [0.25, 0.3) is 0 Å². The molecule has 0 saturated heterocycles. The molecule has 1 rings (SSSR count). The van der Waals surface area contributed by atoms with Gasteiger partial charge in [0.05, 0.1) is 6.61 Å². The van der Waals surface area contributed by atoms with Gasteiger partial charge in [0, 0.05) is 24.5 Å². The van der Waals surface area contributed by atoms with E-state index in [1.807, 2.05) is 6.92 Å². The van der Waals surface area contributed by atoms with Gasteiger partial charge >= 0.3 is 6.18 Å². The molecular weight excluding hydrogens is 243 g/mol. The van der Waals surface area contributed by atoms with Crippen molar-refractivity contribution in [3.05, 3.63) is 5.82 Å². The van der Waals surface area contributed by atoms with Crippen molar-refractivity contribution in [2.24, 2.45) is 0 Å². The Hall–Kier alpha value is -0.890. The van der Waals surface area contributed by atoms with Crippen LogP contribution in [0.15, 0.2) is 0 Å². The summed E-state index contributed by atoms with van der Waals surface area (Å²) in [4.78, 5) is 4.07. The van der Waals surface area contributed by atoms with Crippen molar-refractivity contribution < 1.29 is 17.9 Å². The van der Waals surface area contributed by atoms with Crippen molar-refractivity contribution in [3.8, 4) is 0 Å². The van der Waals surface area contributed by atoms with Gasteiger partial charge in [0.15, 0.2) is 0 Å². The first-order valence-electron chi connectivity index (χ1n) is 4.72. The van der Waals surface area contributed by atoms with Gasteiger partial charge in [-0.05, 0) is 6.92 Å². The summed E-state index contributed by atoms with van der Waals surface area (Å²) in [6.07, 6.45) is -3.98. The highest BCUT2D eigenvalue weighted by Crippen LogP contribution is 2.15. The van der Waals surface area contributed by atoms with E-state index >= 15 is 0 Å². The fourth-order valence-corrected chi connectivity index (χ4v) is 1.61. The molecule has 92 valence electrons. The SMILES string of the molecule is CCNc1nc(CCOCC(F)(F)F)ns1. The number of alkyl halides is 3. The van der Waals surface area contributed by atoms with Gasteiger partial charge < -0.3 is 10.1 Å². The average Bonchev–Trinajstić information content (AvgIpc) is 2.60. The lowest BCUT2D eigenvalue weighted by Gasteiger charge is -2.05. The summed E-state index contributed by atoms with van der Waals surface area (Å²) in [5, 5.41) is 3.64. The number of halogens is 3. The third-order valence-corrected chi connectivity index (χ3v) is 2.24. The van der Waals surface area contributed by atoms with E-state index in [-0.39, 0.29) is 13.0 Å². The van der Waals surface area contributed by atoms with E-state index in [4.69, 9.17) is 0 Å². The van der Waals surface area contributed by atoms with Crippen LogP contribution in [0.4, 0.5) is 18.3 Å². The largest absolute Gasteiger partial charge is 0.411 e. The molecule has 0 aliphatic heterocycles. The first kappa shape index (κ1) is 13.2. The van der Waals surface area contributed by atoms with E-state index in [1.165, 1.54) is 11.5 Å². The third-order valence-electron chi connectivity index (χ3n) is 1.53. The Bertz CT molecular complexity index is 316. The molecule has 16 heavy (non-hydrogen) atoms. The molecular formula is C8H12F3N3OS. The Morgan fingerprint density at radius 1 is 1.44 bits per heavy atom. The molecule has 0 aliphatic carbocycles. The van der Waals surface area contributed by atoms with Gasteiger partial charge in [-0.15, -0.1) is 0 Å². The molecule has 0 saturated carbocycles. The fourth-order valence-electron chi connectivity index (χ4n) is 0.930. The van der Waals surface area contributed by atoms with E-state index in [0.717, 1.165) is 6.54 Å². The van der Waals surface area contributed by atoms with E-state index in [0.29, 0.717) is 11.0 Å². The zero-order chi connectivity index (χ0) is 12.0. The van der Waals surface area contributed by atoms with Gasteiger partial charge in [0.1, 0.15) is 12.4 Å². The van der Waals surface area contributed by atoms with Crippen LogP contribution in [-0.2, 0) is 11.2 Å². The van der Waals surface area contributed by atoms with Crippen LogP contribution in [0.5, 0.6) is 0 Å². The van der Waals surface area contributed by atoms with E-state index in [1.54, 1.807) is 0 Å². The number of hydrogen-bond donors (Lipinski definition) is 1. The quantitative estimate of drug-likeness (QED) is 0.791. The maximum absolute atomic E-state index is 11.7. The predicted molar refractivity (Wildman–Crippen MR) is 54.7 cm³/mol. The predicted octanol–water partition coefficient (Wildman–Crippen LogP) is 2.09. The fraction of sp³-hybridized carbons (Fsp3) is 0.750. The van der Waals surface area contributed by atoms with E-state index < -0.39 is 12.8 Å². The first-order valence-corrected chi connectivity index (χ1v) is 5.49. The molecule has 0 bridgehead atoms. The third kappa shape index (κ3) is 5.26. The molecule has 1 aromatic rings. The van der Waals surface area contributed by atoms with Crippen molar-refractivity contribution in [2.45, 2.75) is 19.5 Å². The molecule has 0 aliphatic rings. The maximum atomic E-state index is 11.7. The Labute approximate surface area is 95.0 Å². The van der Waals surface area contributed by atoms with Crippen LogP contribution in [0, 0.1) is 0 Å². The molecule has 8 heteroatoms. The second-order valence-electron chi connectivity index (χ2n) is 2.96. The number of hydrogen-bond acceptors (Lipinski definition) is 5. The molecule has 1 N–H and O–H groups in total. The van der Waals surface area contributed by atoms with Crippen LogP contribution < -0.4 is 5.32 Å². The average molecular weight is 255 g/mol. The summed E-state index contributed by atoms with van der Waals surface area (Å²) in [6.45, 7) is 1.41. The molecule has 0 atom stereocenters. The second kappa shape index (κ2) is 6.00. The zero-order valence-electron chi connectivity index (χ0n) is 8.67. The summed E-state index contributed by atoms with van der Waals surface area (Å²) < 4.78 is 43.6. The van der Waals surface area contributed by atoms with Crippen LogP contribution in [-0.4, -0.2) is 35.3 Å². The normalized spacial score (nSPS) is 11.8. The minimum atomic E-state index is -4.27. The van der Waals surface area contributed by atoms with E-state index in [9.17, 15) is 13.2 Å². The number of ether oxygens (including phenoxy) is 1. The minimum absolute atomic E-state index is 0.0260. The number of aromatic nitrogens is 2. The first-order chi connectivity index (χ1) is 7.51. The lowest BCUT2D eigenvalue weighted by molar-refractivity contribution is -0.173. The maximum Gasteiger partial charge on any atom is 0.411 e. The Kier molecular flexibility index (Phi) is 4.94. The smallest absolute Gasteiger partial charge is 0.372 e. The summed E-state index contributed by atoms with van der Waals surface area (Å²) in [6, 6.07) is 0. The number of rotatable bonds is 6. The molecule has 0 spiro atoms. The van der Waals surface area contributed by atoms with Gasteiger partial charge in [-0.3, -0.25) is 0 Å². The molecule has 4 nitrogen and oxygen atoms in total. The standard InChI is InChI=1S/C8H12F3N3OS/c1-2-12-7-13-6(14-16-7)3-4-15-5-8(9,10)11/h2-5H2,1H3,(H,12,13,14). The van der Waals surface area contributed by atoms with E-state index in [2.05, 4.69) is 19.4 Å². The summed E-state index contributed by atoms with van der Waals surface area (Å²) in [7, 11) is 0. The zero-order valence-corrected chi connectivity index (χ0v) is 9.49. The topological polar surface area (TPSA) is 47.0 Å². The number of nitrogens with one attached hydrogen (secondary N) is 1. The van der Waals surface area contributed by atoms with Crippen LogP contribution in [0.1, 0.15) is 12.7 Å². The van der Waals surface area contributed by atoms with Crippen molar-refractivity contribution in [1.82, 2.24) is 9.36 Å². The van der Waals surface area contributed by atoms with Crippen molar-refractivity contribution in [2.75, 3.05) is 25.1 Å². The highest BCUT2D eigenvalue weighted by molar-refractivity contribution is 7.09. The highest BCUT2D eigenvalue weighted by Gasteiger charge is 2.27. The Morgan fingerprint density at radius 3 is 2.81 bits per heavy atom. The molecule has 0 fully saturated rings. The lowest BCUT2D eigenvalue weighted by atomic mass is 10.4. The van der Waals surface area contributed by atoms with Gasteiger partial charge in [-0.2, -0.15) is 17.5 Å². The van der Waals surface area contributed by atoms with Crippen molar-refractivity contribution >= 4 is 16.7 Å². The molecule has 0 amide bonds. The highest BCUT2D eigenvalue weighted by atomic mass is 32.1. The van der Waals surface area contributed by atoms with Crippen molar-refractivity contribution in [1.29, 1.82) is 0 Å². The Balaban J connectivity index is 2.21. The van der Waals surface area contributed by atoms with Crippen LogP contribution in [0.3, 0.4) is 0 Å². The molecule has 0 aromatic carbocycles.